The first kappa shape index (κ1) is 12.7. The van der Waals surface area contributed by atoms with E-state index in [9.17, 15) is 0 Å². The van der Waals surface area contributed by atoms with Crippen LogP contribution < -0.4 is 5.73 Å². The molecule has 0 fully saturated rings. The van der Waals surface area contributed by atoms with Crippen molar-refractivity contribution in [1.82, 2.24) is 15.3 Å². The van der Waals surface area contributed by atoms with Crippen molar-refractivity contribution in [3.63, 3.8) is 0 Å². The van der Waals surface area contributed by atoms with E-state index >= 15 is 0 Å². The van der Waals surface area contributed by atoms with Gasteiger partial charge >= 0.3 is 0 Å². The first-order valence-corrected chi connectivity index (χ1v) is 5.70. The number of rotatable bonds is 5. The second kappa shape index (κ2) is 5.28. The molecule has 2 rings (SSSR count). The van der Waals surface area contributed by atoms with Crippen LogP contribution in [-0.2, 0) is 4.74 Å². The van der Waals surface area contributed by atoms with Gasteiger partial charge in [0.25, 0.3) is 5.89 Å². The quantitative estimate of drug-likeness (QED) is 0.859. The molecule has 0 bridgehead atoms. The number of hydrogen-bond acceptors (Lipinski definition) is 7. The summed E-state index contributed by atoms with van der Waals surface area (Å²) >= 11 is 0. The van der Waals surface area contributed by atoms with Crippen LogP contribution in [0.4, 0.5) is 0 Å². The lowest BCUT2D eigenvalue weighted by Crippen LogP contribution is -2.20. The van der Waals surface area contributed by atoms with E-state index in [0.717, 1.165) is 5.69 Å². The summed E-state index contributed by atoms with van der Waals surface area (Å²) in [6.07, 6.45) is 0.111. The van der Waals surface area contributed by atoms with Crippen LogP contribution in [-0.4, -0.2) is 28.0 Å². The molecule has 7 nitrogen and oxygen atoms in total. The fourth-order valence-electron chi connectivity index (χ4n) is 1.32. The largest absolute Gasteiger partial charge is 0.377 e. The fraction of sp³-hybridized carbons (Fsp3) is 0.545. The van der Waals surface area contributed by atoms with Crippen molar-refractivity contribution in [3.05, 3.63) is 17.6 Å². The van der Waals surface area contributed by atoms with Crippen molar-refractivity contribution in [3.8, 4) is 11.7 Å². The van der Waals surface area contributed by atoms with E-state index in [0.29, 0.717) is 18.2 Å². The Morgan fingerprint density at radius 3 is 2.72 bits per heavy atom. The van der Waals surface area contributed by atoms with Crippen molar-refractivity contribution in [2.45, 2.75) is 32.9 Å². The van der Waals surface area contributed by atoms with Crippen LogP contribution in [0.5, 0.6) is 0 Å². The third-order valence-corrected chi connectivity index (χ3v) is 2.22. The average molecular weight is 252 g/mol. The van der Waals surface area contributed by atoms with Crippen LogP contribution in [0.2, 0.25) is 0 Å². The minimum absolute atomic E-state index is 0.111. The van der Waals surface area contributed by atoms with Crippen LogP contribution in [0.15, 0.2) is 15.1 Å². The highest BCUT2D eigenvalue weighted by molar-refractivity contribution is 5.43. The lowest BCUT2D eigenvalue weighted by atomic mass is 10.3. The van der Waals surface area contributed by atoms with Crippen LogP contribution in [0.25, 0.3) is 11.7 Å². The smallest absolute Gasteiger partial charge is 0.296 e. The highest BCUT2D eigenvalue weighted by Crippen LogP contribution is 2.19. The molecule has 98 valence electrons. The summed E-state index contributed by atoms with van der Waals surface area (Å²) < 4.78 is 15.5. The lowest BCUT2D eigenvalue weighted by molar-refractivity contribution is 0.0665. The Morgan fingerprint density at radius 2 is 2.11 bits per heavy atom. The van der Waals surface area contributed by atoms with E-state index in [-0.39, 0.29) is 12.0 Å². The molecule has 2 aromatic heterocycles. The summed E-state index contributed by atoms with van der Waals surface area (Å²) in [6.45, 7) is 6.02. The molecule has 2 heterocycles. The molecule has 0 aliphatic rings. The third kappa shape index (κ3) is 2.93. The van der Waals surface area contributed by atoms with Crippen molar-refractivity contribution >= 4 is 0 Å². The van der Waals surface area contributed by atoms with Gasteiger partial charge in [-0.25, -0.2) is 0 Å². The molecule has 0 radical (unpaired) electrons. The zero-order valence-electron chi connectivity index (χ0n) is 10.6. The summed E-state index contributed by atoms with van der Waals surface area (Å²) in [5.74, 6) is 1.09. The number of aromatic nitrogens is 3. The molecule has 0 saturated heterocycles. The molecule has 1 atom stereocenters. The highest BCUT2D eigenvalue weighted by Gasteiger charge is 2.18. The molecule has 0 saturated carbocycles. The molecule has 0 aromatic carbocycles. The van der Waals surface area contributed by atoms with Gasteiger partial charge in [0.05, 0.1) is 24.4 Å². The molecule has 0 aliphatic heterocycles. The van der Waals surface area contributed by atoms with Crippen molar-refractivity contribution in [1.29, 1.82) is 0 Å². The second-order valence-corrected chi connectivity index (χ2v) is 4.28. The van der Waals surface area contributed by atoms with Crippen LogP contribution >= 0.6 is 0 Å². The van der Waals surface area contributed by atoms with Gasteiger partial charge in [-0.3, -0.25) is 0 Å². The molecule has 2 aromatic rings. The Hall–Kier alpha value is -1.73. The van der Waals surface area contributed by atoms with Crippen molar-refractivity contribution in [2.75, 3.05) is 6.61 Å². The Bertz CT molecular complexity index is 506. The summed E-state index contributed by atoms with van der Waals surface area (Å²) in [5.41, 5.74) is 6.63. The molecular weight excluding hydrogens is 236 g/mol. The topological polar surface area (TPSA) is 100 Å². The van der Waals surface area contributed by atoms with Gasteiger partial charge in [0, 0.05) is 6.07 Å². The van der Waals surface area contributed by atoms with Crippen LogP contribution in [0.3, 0.4) is 0 Å². The second-order valence-electron chi connectivity index (χ2n) is 4.28. The minimum Gasteiger partial charge on any atom is -0.377 e. The average Bonchev–Trinajstić information content (AvgIpc) is 2.93. The SMILES string of the molecule is Cc1cc(-c2nc(C(N)COC(C)C)no2)on1. The van der Waals surface area contributed by atoms with Gasteiger partial charge in [-0.15, -0.1) is 0 Å². The van der Waals surface area contributed by atoms with E-state index in [1.54, 1.807) is 6.07 Å². The van der Waals surface area contributed by atoms with Gasteiger partial charge < -0.3 is 19.5 Å². The van der Waals surface area contributed by atoms with Crippen molar-refractivity contribution < 1.29 is 13.8 Å². The van der Waals surface area contributed by atoms with Gasteiger partial charge in [-0.05, 0) is 20.8 Å². The Labute approximate surface area is 104 Å². The number of nitrogens with two attached hydrogens (primary N) is 1. The predicted molar refractivity (Wildman–Crippen MR) is 62.5 cm³/mol. The third-order valence-electron chi connectivity index (χ3n) is 2.22. The summed E-state index contributed by atoms with van der Waals surface area (Å²) in [4.78, 5) is 4.16. The summed E-state index contributed by atoms with van der Waals surface area (Å²) in [5, 5.41) is 7.55. The summed E-state index contributed by atoms with van der Waals surface area (Å²) in [7, 11) is 0. The van der Waals surface area contributed by atoms with E-state index in [4.69, 9.17) is 19.5 Å². The minimum atomic E-state index is -0.422. The Morgan fingerprint density at radius 1 is 1.33 bits per heavy atom. The molecule has 1 unspecified atom stereocenters. The summed E-state index contributed by atoms with van der Waals surface area (Å²) in [6, 6.07) is 1.29. The number of aryl methyl sites for hydroxylation is 1. The van der Waals surface area contributed by atoms with E-state index < -0.39 is 6.04 Å². The number of ether oxygens (including phenoxy) is 1. The first-order chi connectivity index (χ1) is 8.56. The van der Waals surface area contributed by atoms with Gasteiger partial charge in [-0.1, -0.05) is 10.3 Å². The Balaban J connectivity index is 2.06. The molecule has 18 heavy (non-hydrogen) atoms. The van der Waals surface area contributed by atoms with Crippen LogP contribution in [0, 0.1) is 6.92 Å². The number of nitrogens with zero attached hydrogens (tertiary/aromatic N) is 3. The number of hydrogen-bond donors (Lipinski definition) is 1. The maximum atomic E-state index is 5.88. The molecule has 7 heteroatoms. The van der Waals surface area contributed by atoms with Gasteiger partial charge in [-0.2, -0.15) is 4.98 Å². The standard InChI is InChI=1S/C11H16N4O3/c1-6(2)16-5-8(12)10-13-11(18-15-10)9-4-7(3)14-17-9/h4,6,8H,5,12H2,1-3H3. The van der Waals surface area contributed by atoms with Gasteiger partial charge in [0.15, 0.2) is 5.82 Å². The molecule has 0 aliphatic carbocycles. The molecular formula is C11H16N4O3. The molecule has 0 spiro atoms. The normalized spacial score (nSPS) is 13.2. The maximum absolute atomic E-state index is 5.88. The van der Waals surface area contributed by atoms with Gasteiger partial charge in [0.1, 0.15) is 0 Å². The zero-order chi connectivity index (χ0) is 13.1. The highest BCUT2D eigenvalue weighted by atomic mass is 16.5. The lowest BCUT2D eigenvalue weighted by Gasteiger charge is -2.10. The van der Waals surface area contributed by atoms with E-state index in [1.165, 1.54) is 0 Å². The monoisotopic (exact) mass is 252 g/mol. The van der Waals surface area contributed by atoms with Gasteiger partial charge in [0.2, 0.25) is 5.76 Å². The fourth-order valence-corrected chi connectivity index (χ4v) is 1.32. The molecule has 2 N–H and O–H groups in total. The molecule has 0 amide bonds. The van der Waals surface area contributed by atoms with Crippen LogP contribution in [0.1, 0.15) is 31.4 Å². The first-order valence-electron chi connectivity index (χ1n) is 5.70. The van der Waals surface area contributed by atoms with Crippen molar-refractivity contribution in [2.24, 2.45) is 5.73 Å². The Kier molecular flexibility index (Phi) is 3.73. The zero-order valence-corrected chi connectivity index (χ0v) is 10.6. The van der Waals surface area contributed by atoms with E-state index in [1.807, 2.05) is 20.8 Å². The predicted octanol–water partition coefficient (Wildman–Crippen LogP) is 1.46. The van der Waals surface area contributed by atoms with E-state index in [2.05, 4.69) is 15.3 Å². The maximum Gasteiger partial charge on any atom is 0.296 e.